The van der Waals surface area contributed by atoms with Gasteiger partial charge in [-0.05, 0) is 6.07 Å². The van der Waals surface area contributed by atoms with Gasteiger partial charge in [0, 0.05) is 31.0 Å². The summed E-state index contributed by atoms with van der Waals surface area (Å²) in [6.07, 6.45) is 4.46. The van der Waals surface area contributed by atoms with Gasteiger partial charge in [0.1, 0.15) is 11.9 Å². The molecule has 0 spiro atoms. The van der Waals surface area contributed by atoms with Crippen LogP contribution in [0.2, 0.25) is 0 Å². The molecule has 1 saturated heterocycles. The topological polar surface area (TPSA) is 67.4 Å². The highest BCUT2D eigenvalue weighted by Gasteiger charge is 2.31. The third kappa shape index (κ3) is 3.69. The van der Waals surface area contributed by atoms with Gasteiger partial charge in [0.05, 0.1) is 19.4 Å². The summed E-state index contributed by atoms with van der Waals surface area (Å²) >= 11 is 0. The Morgan fingerprint density at radius 1 is 1.26 bits per heavy atom. The van der Waals surface area contributed by atoms with Gasteiger partial charge in [-0.15, -0.1) is 0 Å². The van der Waals surface area contributed by atoms with Crippen LogP contribution in [-0.4, -0.2) is 47.1 Å². The highest BCUT2D eigenvalue weighted by Crippen LogP contribution is 2.25. The molecule has 1 fully saturated rings. The van der Waals surface area contributed by atoms with Gasteiger partial charge < -0.3 is 10.1 Å². The molecule has 1 N–H and O–H groups in total. The number of nitrogens with zero attached hydrogens (tertiary/aromatic N) is 3. The Hall–Kier alpha value is -2.38. The van der Waals surface area contributed by atoms with Gasteiger partial charge in [-0.2, -0.15) is 0 Å². The molecule has 2 aromatic rings. The number of nitrogens with one attached hydrogen (secondary N) is 1. The van der Waals surface area contributed by atoms with Gasteiger partial charge in [-0.3, -0.25) is 14.7 Å². The molecule has 1 aromatic heterocycles. The van der Waals surface area contributed by atoms with E-state index in [1.54, 1.807) is 18.2 Å². The van der Waals surface area contributed by atoms with Crippen LogP contribution in [0.15, 0.2) is 42.9 Å². The number of halogens is 1. The number of rotatable bonds is 4. The third-order valence-corrected chi connectivity index (χ3v) is 3.67. The summed E-state index contributed by atoms with van der Waals surface area (Å²) in [6, 6.07) is 5.59. The summed E-state index contributed by atoms with van der Waals surface area (Å²) in [4.78, 5) is 22.6. The molecule has 3 rings (SSSR count). The molecule has 23 heavy (non-hydrogen) atoms. The predicted molar refractivity (Wildman–Crippen MR) is 82.2 cm³/mol. The average Bonchev–Trinajstić information content (AvgIpc) is 2.59. The van der Waals surface area contributed by atoms with Gasteiger partial charge in [-0.25, -0.2) is 9.37 Å². The van der Waals surface area contributed by atoms with Crippen molar-refractivity contribution in [3.05, 3.63) is 54.2 Å². The molecule has 0 saturated carbocycles. The Bertz CT molecular complexity index is 662. The molecular weight excluding hydrogens is 299 g/mol. The SMILES string of the molecule is O=C(Nc1cnccn1)[C@@H](c1ccccc1F)N1CCOCC1. The van der Waals surface area contributed by atoms with E-state index in [9.17, 15) is 9.18 Å². The van der Waals surface area contributed by atoms with Crippen LogP contribution in [0.1, 0.15) is 11.6 Å². The number of carbonyl (C=O) groups excluding carboxylic acids is 1. The summed E-state index contributed by atoms with van der Waals surface area (Å²) in [5, 5.41) is 2.70. The monoisotopic (exact) mass is 316 g/mol. The smallest absolute Gasteiger partial charge is 0.247 e. The first-order chi connectivity index (χ1) is 11.3. The zero-order chi connectivity index (χ0) is 16.1. The molecule has 7 heteroatoms. The molecule has 120 valence electrons. The Morgan fingerprint density at radius 2 is 2.04 bits per heavy atom. The van der Waals surface area contributed by atoms with Gasteiger partial charge in [0.15, 0.2) is 5.82 Å². The Balaban J connectivity index is 1.88. The van der Waals surface area contributed by atoms with Crippen LogP contribution in [0.25, 0.3) is 0 Å². The van der Waals surface area contributed by atoms with E-state index in [0.717, 1.165) is 0 Å². The van der Waals surface area contributed by atoms with Crippen LogP contribution >= 0.6 is 0 Å². The van der Waals surface area contributed by atoms with Crippen LogP contribution in [0.4, 0.5) is 10.2 Å². The van der Waals surface area contributed by atoms with E-state index < -0.39 is 11.9 Å². The maximum absolute atomic E-state index is 14.2. The Kier molecular flexibility index (Phi) is 4.89. The van der Waals surface area contributed by atoms with Crippen molar-refractivity contribution in [2.24, 2.45) is 0 Å². The molecule has 0 radical (unpaired) electrons. The second-order valence-corrected chi connectivity index (χ2v) is 5.15. The van der Waals surface area contributed by atoms with Gasteiger partial charge in [-0.1, -0.05) is 18.2 Å². The van der Waals surface area contributed by atoms with Crippen molar-refractivity contribution in [1.82, 2.24) is 14.9 Å². The molecule has 1 aromatic carbocycles. The molecule has 1 aliphatic rings. The second-order valence-electron chi connectivity index (χ2n) is 5.15. The fourth-order valence-corrected chi connectivity index (χ4v) is 2.59. The van der Waals surface area contributed by atoms with Crippen LogP contribution in [0, 0.1) is 5.82 Å². The zero-order valence-electron chi connectivity index (χ0n) is 12.5. The first kappa shape index (κ1) is 15.5. The largest absolute Gasteiger partial charge is 0.379 e. The molecule has 0 bridgehead atoms. The van der Waals surface area contributed by atoms with Crippen molar-refractivity contribution in [3.8, 4) is 0 Å². The molecule has 1 atom stereocenters. The normalized spacial score (nSPS) is 16.7. The van der Waals surface area contributed by atoms with Gasteiger partial charge in [0.2, 0.25) is 5.91 Å². The fourth-order valence-electron chi connectivity index (χ4n) is 2.59. The predicted octanol–water partition coefficient (Wildman–Crippen LogP) is 1.63. The molecule has 0 unspecified atom stereocenters. The number of anilines is 1. The number of carbonyl (C=O) groups is 1. The lowest BCUT2D eigenvalue weighted by atomic mass is 10.0. The summed E-state index contributed by atoms with van der Waals surface area (Å²) < 4.78 is 19.6. The molecular formula is C16H17FN4O2. The standard InChI is InChI=1S/C16H17FN4O2/c17-13-4-2-1-3-12(13)15(21-7-9-23-10-8-21)16(22)20-14-11-18-5-6-19-14/h1-6,11,15H,7-10H2,(H,19,20,22)/t15-/m1/s1. The van der Waals surface area contributed by atoms with E-state index in [1.165, 1.54) is 24.7 Å². The summed E-state index contributed by atoms with van der Waals surface area (Å²) in [6.45, 7) is 2.16. The molecule has 2 heterocycles. The van der Waals surface area contributed by atoms with E-state index in [4.69, 9.17) is 4.74 Å². The molecule has 1 amide bonds. The maximum Gasteiger partial charge on any atom is 0.247 e. The quantitative estimate of drug-likeness (QED) is 0.928. The lowest BCUT2D eigenvalue weighted by Gasteiger charge is -2.33. The van der Waals surface area contributed by atoms with Crippen LogP contribution in [-0.2, 0) is 9.53 Å². The minimum atomic E-state index is -0.734. The van der Waals surface area contributed by atoms with Gasteiger partial charge in [0.25, 0.3) is 0 Å². The number of amides is 1. The zero-order valence-corrected chi connectivity index (χ0v) is 12.5. The van der Waals surface area contributed by atoms with Crippen molar-refractivity contribution in [3.63, 3.8) is 0 Å². The summed E-state index contributed by atoms with van der Waals surface area (Å²) in [7, 11) is 0. The Labute approximate surface area is 133 Å². The third-order valence-electron chi connectivity index (χ3n) is 3.67. The van der Waals surface area contributed by atoms with E-state index >= 15 is 0 Å². The van der Waals surface area contributed by atoms with Crippen molar-refractivity contribution < 1.29 is 13.9 Å². The first-order valence-electron chi connectivity index (χ1n) is 7.39. The van der Waals surface area contributed by atoms with Crippen molar-refractivity contribution in [2.75, 3.05) is 31.6 Å². The number of hydrogen-bond acceptors (Lipinski definition) is 5. The van der Waals surface area contributed by atoms with Crippen LogP contribution in [0.3, 0.4) is 0 Å². The maximum atomic E-state index is 14.2. The van der Waals surface area contributed by atoms with Crippen molar-refractivity contribution in [1.29, 1.82) is 0 Å². The van der Waals surface area contributed by atoms with E-state index in [1.807, 2.05) is 4.90 Å². The second kappa shape index (κ2) is 7.26. The van der Waals surface area contributed by atoms with E-state index in [-0.39, 0.29) is 5.91 Å². The number of aromatic nitrogens is 2. The summed E-state index contributed by atoms with van der Waals surface area (Å²) in [5.74, 6) is -0.400. The number of hydrogen-bond donors (Lipinski definition) is 1. The highest BCUT2D eigenvalue weighted by atomic mass is 19.1. The molecule has 0 aliphatic carbocycles. The molecule has 1 aliphatic heterocycles. The minimum absolute atomic E-state index is 0.336. The van der Waals surface area contributed by atoms with E-state index in [2.05, 4.69) is 15.3 Å². The average molecular weight is 316 g/mol. The lowest BCUT2D eigenvalue weighted by Crippen LogP contribution is -2.44. The van der Waals surface area contributed by atoms with Crippen molar-refractivity contribution >= 4 is 11.7 Å². The summed E-state index contributed by atoms with van der Waals surface area (Å²) in [5.41, 5.74) is 0.343. The first-order valence-corrected chi connectivity index (χ1v) is 7.39. The van der Waals surface area contributed by atoms with Crippen molar-refractivity contribution in [2.45, 2.75) is 6.04 Å². The van der Waals surface area contributed by atoms with Crippen LogP contribution in [0.5, 0.6) is 0 Å². The number of benzene rings is 1. The fraction of sp³-hybridized carbons (Fsp3) is 0.312. The molecule has 6 nitrogen and oxygen atoms in total. The number of ether oxygens (including phenoxy) is 1. The van der Waals surface area contributed by atoms with Gasteiger partial charge >= 0.3 is 0 Å². The Morgan fingerprint density at radius 3 is 2.74 bits per heavy atom. The highest BCUT2D eigenvalue weighted by molar-refractivity contribution is 5.94. The minimum Gasteiger partial charge on any atom is -0.379 e. The van der Waals surface area contributed by atoms with E-state index in [0.29, 0.717) is 37.7 Å². The lowest BCUT2D eigenvalue weighted by molar-refractivity contribution is -0.123. The van der Waals surface area contributed by atoms with Crippen LogP contribution < -0.4 is 5.32 Å². The number of morpholine rings is 1.